The van der Waals surface area contributed by atoms with Crippen molar-refractivity contribution < 1.29 is 32.5 Å². The van der Waals surface area contributed by atoms with E-state index in [2.05, 4.69) is 4.74 Å². The van der Waals surface area contributed by atoms with Gasteiger partial charge in [-0.05, 0) is 61.2 Å². The van der Waals surface area contributed by atoms with Crippen molar-refractivity contribution in [1.29, 1.82) is 0 Å². The zero-order valence-electron chi connectivity index (χ0n) is 16.8. The van der Waals surface area contributed by atoms with Gasteiger partial charge in [0.15, 0.2) is 6.10 Å². The summed E-state index contributed by atoms with van der Waals surface area (Å²) in [5.74, 6) is -0.878. The number of aromatic nitrogens is 1. The second kappa shape index (κ2) is 8.30. The SMILES string of the molecule is CCC(Oc1cccc(Cc2c(C)n(C)c3ccc(OC(F)(F)F)cc23)c1)C(=O)O. The van der Waals surface area contributed by atoms with E-state index < -0.39 is 18.4 Å². The number of carbonyl (C=O) groups is 1. The molecule has 2 aromatic carbocycles. The third kappa shape index (κ3) is 4.69. The highest BCUT2D eigenvalue weighted by molar-refractivity contribution is 5.87. The molecule has 0 aliphatic carbocycles. The quantitative estimate of drug-likeness (QED) is 0.568. The Morgan fingerprint density at radius 1 is 1.17 bits per heavy atom. The molecule has 0 saturated carbocycles. The average molecular weight is 421 g/mol. The molecule has 0 radical (unpaired) electrons. The summed E-state index contributed by atoms with van der Waals surface area (Å²) in [5, 5.41) is 9.85. The van der Waals surface area contributed by atoms with Gasteiger partial charge in [0, 0.05) is 23.6 Å². The van der Waals surface area contributed by atoms with Gasteiger partial charge in [-0.3, -0.25) is 0 Å². The third-order valence-electron chi connectivity index (χ3n) is 5.03. The van der Waals surface area contributed by atoms with E-state index >= 15 is 0 Å². The largest absolute Gasteiger partial charge is 0.573 e. The average Bonchev–Trinajstić information content (AvgIpc) is 2.89. The second-order valence-corrected chi connectivity index (χ2v) is 7.03. The molecule has 3 aromatic rings. The van der Waals surface area contributed by atoms with Crippen molar-refractivity contribution in [3.8, 4) is 11.5 Å². The monoisotopic (exact) mass is 421 g/mol. The van der Waals surface area contributed by atoms with Crippen LogP contribution in [-0.2, 0) is 18.3 Å². The fraction of sp³-hybridized carbons (Fsp3) is 0.318. The van der Waals surface area contributed by atoms with E-state index in [4.69, 9.17) is 4.74 Å². The predicted octanol–water partition coefficient (Wildman–Crippen LogP) is 5.22. The molecule has 5 nitrogen and oxygen atoms in total. The number of hydrogen-bond acceptors (Lipinski definition) is 3. The Morgan fingerprint density at radius 3 is 2.53 bits per heavy atom. The Hall–Kier alpha value is -3.16. The van der Waals surface area contributed by atoms with Crippen LogP contribution in [0.25, 0.3) is 10.9 Å². The number of hydrogen-bond donors (Lipinski definition) is 1. The molecule has 1 aromatic heterocycles. The van der Waals surface area contributed by atoms with Crippen LogP contribution in [0.5, 0.6) is 11.5 Å². The maximum atomic E-state index is 12.6. The molecule has 0 amide bonds. The molecule has 0 aliphatic heterocycles. The molecule has 0 aliphatic rings. The Bertz CT molecular complexity index is 1070. The van der Waals surface area contributed by atoms with Gasteiger partial charge in [0.25, 0.3) is 0 Å². The normalized spacial score (nSPS) is 12.7. The van der Waals surface area contributed by atoms with Crippen LogP contribution >= 0.6 is 0 Å². The van der Waals surface area contributed by atoms with E-state index in [9.17, 15) is 23.1 Å². The second-order valence-electron chi connectivity index (χ2n) is 7.03. The third-order valence-corrected chi connectivity index (χ3v) is 5.03. The molecule has 0 fully saturated rings. The first-order chi connectivity index (χ1) is 14.1. The van der Waals surface area contributed by atoms with Crippen molar-refractivity contribution in [3.63, 3.8) is 0 Å². The molecule has 1 N–H and O–H groups in total. The molecule has 1 unspecified atom stereocenters. The smallest absolute Gasteiger partial charge is 0.479 e. The molecule has 8 heteroatoms. The first-order valence-electron chi connectivity index (χ1n) is 9.41. The number of aliphatic carboxylic acids is 1. The topological polar surface area (TPSA) is 60.7 Å². The van der Waals surface area contributed by atoms with Gasteiger partial charge >= 0.3 is 12.3 Å². The molecule has 1 atom stereocenters. The maximum absolute atomic E-state index is 12.6. The minimum atomic E-state index is -4.76. The number of ether oxygens (including phenoxy) is 2. The van der Waals surface area contributed by atoms with Crippen molar-refractivity contribution in [1.82, 2.24) is 4.57 Å². The van der Waals surface area contributed by atoms with Crippen molar-refractivity contribution in [2.45, 2.75) is 39.2 Å². The molecule has 0 saturated heterocycles. The van der Waals surface area contributed by atoms with Gasteiger partial charge in [-0.1, -0.05) is 19.1 Å². The van der Waals surface area contributed by atoms with E-state index in [1.165, 1.54) is 12.1 Å². The summed E-state index contributed by atoms with van der Waals surface area (Å²) in [6, 6.07) is 11.3. The first kappa shape index (κ1) is 21.5. The molecular weight excluding hydrogens is 399 g/mol. The van der Waals surface area contributed by atoms with E-state index in [1.54, 1.807) is 31.2 Å². The van der Waals surface area contributed by atoms with Gasteiger partial charge in [-0.2, -0.15) is 0 Å². The first-order valence-corrected chi connectivity index (χ1v) is 9.41. The highest BCUT2D eigenvalue weighted by atomic mass is 19.4. The van der Waals surface area contributed by atoms with Crippen LogP contribution in [-0.4, -0.2) is 28.1 Å². The van der Waals surface area contributed by atoms with Gasteiger partial charge in [-0.15, -0.1) is 13.2 Å². The van der Waals surface area contributed by atoms with Gasteiger partial charge in [0.1, 0.15) is 11.5 Å². The lowest BCUT2D eigenvalue weighted by Crippen LogP contribution is -2.25. The van der Waals surface area contributed by atoms with E-state index in [1.807, 2.05) is 24.6 Å². The van der Waals surface area contributed by atoms with Crippen LogP contribution in [0.15, 0.2) is 42.5 Å². The number of benzene rings is 2. The molecule has 3 rings (SSSR count). The Kier molecular flexibility index (Phi) is 5.96. The summed E-state index contributed by atoms with van der Waals surface area (Å²) < 4.78 is 49.4. The molecule has 160 valence electrons. The highest BCUT2D eigenvalue weighted by Crippen LogP contribution is 2.33. The standard InChI is InChI=1S/C22H22F3NO4/c1-4-20(21(27)28)29-15-7-5-6-14(10-15)11-17-13(2)26(3)19-9-8-16(12-18(17)19)30-22(23,24)25/h5-10,12,20H,4,11H2,1-3H3,(H,27,28). The number of carboxylic acids is 1. The number of alkyl halides is 3. The summed E-state index contributed by atoms with van der Waals surface area (Å²) in [6.07, 6.45) is -4.94. The van der Waals surface area contributed by atoms with Crippen molar-refractivity contribution >= 4 is 16.9 Å². The van der Waals surface area contributed by atoms with E-state index in [0.717, 1.165) is 22.3 Å². The van der Waals surface area contributed by atoms with Crippen LogP contribution < -0.4 is 9.47 Å². The maximum Gasteiger partial charge on any atom is 0.573 e. The molecule has 30 heavy (non-hydrogen) atoms. The van der Waals surface area contributed by atoms with E-state index in [0.29, 0.717) is 24.0 Å². The molecule has 0 spiro atoms. The van der Waals surface area contributed by atoms with Crippen LogP contribution in [0.4, 0.5) is 13.2 Å². The van der Waals surface area contributed by atoms with Gasteiger partial charge in [0.05, 0.1) is 0 Å². The van der Waals surface area contributed by atoms with Crippen LogP contribution in [0.1, 0.15) is 30.2 Å². The number of fused-ring (bicyclic) bond motifs is 1. The van der Waals surface area contributed by atoms with Gasteiger partial charge in [-0.25, -0.2) is 4.79 Å². The summed E-state index contributed by atoms with van der Waals surface area (Å²) in [7, 11) is 1.85. The Morgan fingerprint density at radius 2 is 1.90 bits per heavy atom. The lowest BCUT2D eigenvalue weighted by Gasteiger charge is -2.14. The number of aryl methyl sites for hydroxylation is 1. The van der Waals surface area contributed by atoms with Gasteiger partial charge in [0.2, 0.25) is 0 Å². The zero-order chi connectivity index (χ0) is 22.1. The zero-order valence-corrected chi connectivity index (χ0v) is 16.8. The fourth-order valence-electron chi connectivity index (χ4n) is 3.45. The Labute approximate surface area is 171 Å². The minimum absolute atomic E-state index is 0.272. The van der Waals surface area contributed by atoms with Crippen molar-refractivity contribution in [2.24, 2.45) is 7.05 Å². The summed E-state index contributed by atoms with van der Waals surface area (Å²) in [6.45, 7) is 3.63. The van der Waals surface area contributed by atoms with Crippen molar-refractivity contribution in [2.75, 3.05) is 0 Å². The molecular formula is C22H22F3NO4. The lowest BCUT2D eigenvalue weighted by atomic mass is 10.0. The fourth-order valence-corrected chi connectivity index (χ4v) is 3.45. The molecule has 0 bridgehead atoms. The van der Waals surface area contributed by atoms with Crippen LogP contribution in [0, 0.1) is 6.92 Å². The minimum Gasteiger partial charge on any atom is -0.479 e. The number of nitrogens with zero attached hydrogens (tertiary/aromatic N) is 1. The van der Waals surface area contributed by atoms with Gasteiger partial charge < -0.3 is 19.1 Å². The number of rotatable bonds is 7. The van der Waals surface area contributed by atoms with E-state index in [-0.39, 0.29) is 5.75 Å². The molecule has 1 heterocycles. The Balaban J connectivity index is 1.95. The summed E-state index contributed by atoms with van der Waals surface area (Å²) in [4.78, 5) is 11.2. The lowest BCUT2D eigenvalue weighted by molar-refractivity contribution is -0.274. The summed E-state index contributed by atoms with van der Waals surface area (Å²) in [5.41, 5.74) is 3.42. The number of carboxylic acid groups (broad SMARTS) is 1. The summed E-state index contributed by atoms with van der Waals surface area (Å²) >= 11 is 0. The van der Waals surface area contributed by atoms with Crippen LogP contribution in [0.3, 0.4) is 0 Å². The number of halogens is 3. The van der Waals surface area contributed by atoms with Crippen LogP contribution in [0.2, 0.25) is 0 Å². The highest BCUT2D eigenvalue weighted by Gasteiger charge is 2.31. The van der Waals surface area contributed by atoms with Crippen molar-refractivity contribution in [3.05, 3.63) is 59.3 Å². The predicted molar refractivity (Wildman–Crippen MR) is 106 cm³/mol.